The van der Waals surface area contributed by atoms with E-state index in [0.29, 0.717) is 21.8 Å². The van der Waals surface area contributed by atoms with Crippen LogP contribution in [0.15, 0.2) is 87.0 Å². The molecule has 9 heteroatoms. The number of nitrogens with one attached hydrogen (secondary N) is 1. The van der Waals surface area contributed by atoms with Gasteiger partial charge >= 0.3 is 0 Å². The van der Waals surface area contributed by atoms with Crippen molar-refractivity contribution in [3.63, 3.8) is 0 Å². The van der Waals surface area contributed by atoms with Gasteiger partial charge in [0.2, 0.25) is 11.8 Å². The Morgan fingerprint density at radius 3 is 2.68 bits per heavy atom. The highest BCUT2D eigenvalue weighted by atomic mass is 32.1. The lowest BCUT2D eigenvalue weighted by atomic mass is 10.2. The summed E-state index contributed by atoms with van der Waals surface area (Å²) in [4.78, 5) is 36.3. The molecule has 0 radical (unpaired) electrons. The zero-order valence-electron chi connectivity index (χ0n) is 17.6. The lowest BCUT2D eigenvalue weighted by Crippen LogP contribution is -2.27. The van der Waals surface area contributed by atoms with Gasteiger partial charge in [-0.15, -0.1) is 22.7 Å². The summed E-state index contributed by atoms with van der Waals surface area (Å²) in [6.45, 7) is -0.131. The SMILES string of the molecule is O=C(Cn1cnc2scc(-c3cccs3)c2c1=O)Nc1ccc(-c2nc3ccccc3o2)cc1. The molecule has 0 aliphatic heterocycles. The molecule has 0 unspecified atom stereocenters. The number of thiophene rings is 2. The second kappa shape index (κ2) is 8.36. The molecule has 0 bridgehead atoms. The standard InChI is InChI=1S/C25H16N4O3S2/c30-21(12-29-14-26-24-22(25(29)31)17(13-34-24)20-6-3-11-33-20)27-16-9-7-15(8-10-16)23-28-18-4-1-2-5-19(18)32-23/h1-11,13-14H,12H2,(H,27,30). The van der Waals surface area contributed by atoms with Crippen LogP contribution in [0.25, 0.3) is 43.2 Å². The second-order valence-electron chi connectivity index (χ2n) is 7.60. The van der Waals surface area contributed by atoms with E-state index >= 15 is 0 Å². The lowest BCUT2D eigenvalue weighted by Gasteiger charge is -2.08. The number of carbonyl (C=O) groups is 1. The molecule has 0 aliphatic carbocycles. The van der Waals surface area contributed by atoms with Crippen LogP contribution in [0.2, 0.25) is 0 Å². The van der Waals surface area contributed by atoms with Gasteiger partial charge in [-0.25, -0.2) is 9.97 Å². The molecule has 0 aliphatic rings. The van der Waals surface area contributed by atoms with Gasteiger partial charge in [0.25, 0.3) is 5.56 Å². The van der Waals surface area contributed by atoms with Gasteiger partial charge in [-0.1, -0.05) is 18.2 Å². The summed E-state index contributed by atoms with van der Waals surface area (Å²) < 4.78 is 7.13. The number of nitrogens with zero attached hydrogens (tertiary/aromatic N) is 3. The van der Waals surface area contributed by atoms with Crippen LogP contribution in [0.4, 0.5) is 5.69 Å². The average Bonchev–Trinajstić information content (AvgIpc) is 3.60. The minimum Gasteiger partial charge on any atom is -0.436 e. The van der Waals surface area contributed by atoms with Crippen LogP contribution < -0.4 is 10.9 Å². The number of aromatic nitrogens is 3. The van der Waals surface area contributed by atoms with Gasteiger partial charge in [0.15, 0.2) is 5.58 Å². The Kier molecular flexibility index (Phi) is 5.05. The van der Waals surface area contributed by atoms with Crippen LogP contribution in [0.5, 0.6) is 0 Å². The minimum absolute atomic E-state index is 0.131. The fourth-order valence-electron chi connectivity index (χ4n) is 3.74. The molecule has 7 nitrogen and oxygen atoms in total. The molecule has 0 fully saturated rings. The minimum atomic E-state index is -0.314. The normalized spacial score (nSPS) is 11.3. The van der Waals surface area contributed by atoms with Gasteiger partial charge in [0.1, 0.15) is 16.9 Å². The van der Waals surface area contributed by atoms with E-state index in [-0.39, 0.29) is 18.0 Å². The fourth-order valence-corrected chi connectivity index (χ4v) is 5.46. The third-order valence-corrected chi connectivity index (χ3v) is 7.16. The first-order valence-corrected chi connectivity index (χ1v) is 12.2. The highest BCUT2D eigenvalue weighted by Crippen LogP contribution is 2.33. The first-order chi connectivity index (χ1) is 16.7. The maximum atomic E-state index is 13.1. The first-order valence-electron chi connectivity index (χ1n) is 10.4. The summed E-state index contributed by atoms with van der Waals surface area (Å²) in [5.74, 6) is 0.202. The summed E-state index contributed by atoms with van der Waals surface area (Å²) in [7, 11) is 0. The Hall–Kier alpha value is -4.08. The molecule has 6 aromatic rings. The van der Waals surface area contributed by atoms with Gasteiger partial charge in [0, 0.05) is 27.1 Å². The highest BCUT2D eigenvalue weighted by molar-refractivity contribution is 7.18. The number of benzene rings is 2. The highest BCUT2D eigenvalue weighted by Gasteiger charge is 2.15. The van der Waals surface area contributed by atoms with E-state index < -0.39 is 0 Å². The summed E-state index contributed by atoms with van der Waals surface area (Å²) in [6.07, 6.45) is 1.43. The summed E-state index contributed by atoms with van der Waals surface area (Å²) in [5, 5.41) is 7.29. The maximum absolute atomic E-state index is 13.1. The van der Waals surface area contributed by atoms with Crippen molar-refractivity contribution in [3.8, 4) is 21.9 Å². The molecule has 6 rings (SSSR count). The molecule has 4 aromatic heterocycles. The summed E-state index contributed by atoms with van der Waals surface area (Å²) in [5.41, 5.74) is 3.56. The van der Waals surface area contributed by atoms with Gasteiger partial charge in [-0.3, -0.25) is 14.2 Å². The molecule has 1 amide bonds. The molecule has 0 saturated carbocycles. The number of rotatable bonds is 5. The van der Waals surface area contributed by atoms with Gasteiger partial charge in [-0.2, -0.15) is 0 Å². The van der Waals surface area contributed by atoms with E-state index in [1.54, 1.807) is 23.5 Å². The summed E-state index contributed by atoms with van der Waals surface area (Å²) in [6, 6.07) is 18.7. The molecule has 0 spiro atoms. The lowest BCUT2D eigenvalue weighted by molar-refractivity contribution is -0.116. The number of fused-ring (bicyclic) bond motifs is 2. The van der Waals surface area contributed by atoms with Crippen molar-refractivity contribution < 1.29 is 9.21 Å². The fraction of sp³-hybridized carbons (Fsp3) is 0.0400. The average molecular weight is 485 g/mol. The van der Waals surface area contributed by atoms with E-state index in [1.807, 2.05) is 59.3 Å². The number of amides is 1. The van der Waals surface area contributed by atoms with E-state index in [2.05, 4.69) is 15.3 Å². The van der Waals surface area contributed by atoms with E-state index in [9.17, 15) is 9.59 Å². The summed E-state index contributed by atoms with van der Waals surface area (Å²) >= 11 is 2.99. The van der Waals surface area contributed by atoms with E-state index in [1.165, 1.54) is 22.2 Å². The smallest absolute Gasteiger partial charge is 0.263 e. The van der Waals surface area contributed by atoms with Crippen LogP contribution in [0, 0.1) is 0 Å². The Bertz CT molecular complexity index is 1660. The number of para-hydroxylation sites is 2. The van der Waals surface area contributed by atoms with Crippen LogP contribution in [0.1, 0.15) is 0 Å². The topological polar surface area (TPSA) is 90.0 Å². The van der Waals surface area contributed by atoms with Crippen LogP contribution >= 0.6 is 22.7 Å². The number of hydrogen-bond acceptors (Lipinski definition) is 7. The molecular formula is C25H16N4O3S2. The van der Waals surface area contributed by atoms with Crippen LogP contribution in [-0.4, -0.2) is 20.4 Å². The molecule has 4 heterocycles. The van der Waals surface area contributed by atoms with Crippen molar-refractivity contribution in [2.24, 2.45) is 0 Å². The number of oxazole rings is 1. The predicted octanol–water partition coefficient (Wildman–Crippen LogP) is 5.63. The van der Waals surface area contributed by atoms with Crippen LogP contribution in [-0.2, 0) is 11.3 Å². The van der Waals surface area contributed by atoms with Gasteiger partial charge < -0.3 is 9.73 Å². The quantitative estimate of drug-likeness (QED) is 0.342. The third kappa shape index (κ3) is 3.70. The van der Waals surface area contributed by atoms with Gasteiger partial charge in [0.05, 0.1) is 11.7 Å². The third-order valence-electron chi connectivity index (χ3n) is 5.37. The van der Waals surface area contributed by atoms with Crippen molar-refractivity contribution >= 4 is 55.6 Å². The predicted molar refractivity (Wildman–Crippen MR) is 135 cm³/mol. The molecule has 2 aromatic carbocycles. The number of hydrogen-bond donors (Lipinski definition) is 1. The largest absolute Gasteiger partial charge is 0.436 e. The van der Waals surface area contributed by atoms with Crippen molar-refractivity contribution in [1.82, 2.24) is 14.5 Å². The van der Waals surface area contributed by atoms with Crippen molar-refractivity contribution in [2.75, 3.05) is 5.32 Å². The number of carbonyl (C=O) groups excluding carboxylic acids is 1. The Morgan fingerprint density at radius 2 is 1.88 bits per heavy atom. The zero-order chi connectivity index (χ0) is 23.1. The van der Waals surface area contributed by atoms with Crippen LogP contribution in [0.3, 0.4) is 0 Å². The van der Waals surface area contributed by atoms with Crippen molar-refractivity contribution in [2.45, 2.75) is 6.54 Å². The Labute approximate surface area is 201 Å². The zero-order valence-corrected chi connectivity index (χ0v) is 19.2. The number of anilines is 1. The van der Waals surface area contributed by atoms with E-state index in [0.717, 1.165) is 27.1 Å². The maximum Gasteiger partial charge on any atom is 0.263 e. The molecule has 0 atom stereocenters. The Morgan fingerprint density at radius 1 is 1.03 bits per heavy atom. The first kappa shape index (κ1) is 20.5. The van der Waals surface area contributed by atoms with Crippen molar-refractivity contribution in [1.29, 1.82) is 0 Å². The van der Waals surface area contributed by atoms with Gasteiger partial charge in [-0.05, 0) is 47.8 Å². The molecule has 1 N–H and O–H groups in total. The molecular weight excluding hydrogens is 468 g/mol. The molecule has 0 saturated heterocycles. The molecule has 166 valence electrons. The monoisotopic (exact) mass is 484 g/mol. The van der Waals surface area contributed by atoms with Crippen molar-refractivity contribution in [3.05, 3.63) is 88.1 Å². The van der Waals surface area contributed by atoms with E-state index in [4.69, 9.17) is 4.42 Å². The Balaban J connectivity index is 1.21. The second-order valence-corrected chi connectivity index (χ2v) is 9.40. The molecule has 34 heavy (non-hydrogen) atoms.